The minimum atomic E-state index is -4.64. The van der Waals surface area contributed by atoms with Crippen molar-refractivity contribution < 1.29 is 39.9 Å². The third-order valence-electron chi connectivity index (χ3n) is 5.83. The van der Waals surface area contributed by atoms with E-state index in [1.807, 2.05) is 0 Å². The summed E-state index contributed by atoms with van der Waals surface area (Å²) in [6, 6.07) is 4.70. The lowest BCUT2D eigenvalue weighted by Crippen LogP contribution is -2.59. The number of alkyl halides is 4. The summed E-state index contributed by atoms with van der Waals surface area (Å²) in [4.78, 5) is 20.2. The minimum Gasteiger partial charge on any atom is -0.371 e. The van der Waals surface area contributed by atoms with Gasteiger partial charge in [-0.3, -0.25) is 9.78 Å². The maximum Gasteiger partial charge on any atom is 0.417 e. The number of carbonyl (C=O) groups excluding carboxylic acids is 1. The number of ether oxygens (including phenoxy) is 1. The van der Waals surface area contributed by atoms with Gasteiger partial charge in [-0.25, -0.2) is 26.5 Å². The van der Waals surface area contributed by atoms with E-state index < -0.39 is 69.6 Å². The van der Waals surface area contributed by atoms with Crippen LogP contribution in [0.2, 0.25) is 0 Å². The number of benzene rings is 1. The number of aliphatic imine (C=N–C) groups is 1. The van der Waals surface area contributed by atoms with Gasteiger partial charge < -0.3 is 15.8 Å². The van der Waals surface area contributed by atoms with Crippen LogP contribution in [0.3, 0.4) is 0 Å². The summed E-state index contributed by atoms with van der Waals surface area (Å²) in [5.74, 6) is -2.29. The molecule has 0 saturated carbocycles. The Kier molecular flexibility index (Phi) is 5.95. The second-order valence-corrected chi connectivity index (χ2v) is 10.00. The summed E-state index contributed by atoms with van der Waals surface area (Å²) in [5, 5.41) is 0.718. The van der Waals surface area contributed by atoms with Crippen molar-refractivity contribution in [3.05, 3.63) is 59.2 Å². The van der Waals surface area contributed by atoms with Crippen LogP contribution in [0.25, 0.3) is 0 Å². The number of pyridine rings is 1. The standard InChI is InChI=1S/C20H18F5N5O4S/c1-30-18(26)29-19(9-34-15(7-21)16(19)35(30,32)33)12-6-11(3-4-13(12)22)28-17(31)14-5-2-10(8-27-14)20(23,24)25/h2-6,8,15-16H,7,9H2,1H3,(H2,26,29)(H,28,31). The summed E-state index contributed by atoms with van der Waals surface area (Å²) in [6.07, 6.45) is -5.60. The number of sulfonamides is 1. The van der Waals surface area contributed by atoms with E-state index >= 15 is 4.39 Å². The van der Waals surface area contributed by atoms with Gasteiger partial charge in [0.05, 0.1) is 12.2 Å². The lowest BCUT2D eigenvalue weighted by molar-refractivity contribution is -0.137. The Bertz CT molecular complexity index is 1300. The van der Waals surface area contributed by atoms with Crippen LogP contribution in [-0.2, 0) is 26.5 Å². The van der Waals surface area contributed by atoms with Crippen LogP contribution in [0, 0.1) is 5.82 Å². The number of guanidine groups is 1. The van der Waals surface area contributed by atoms with E-state index in [1.165, 1.54) is 0 Å². The molecule has 1 amide bonds. The molecule has 1 saturated heterocycles. The van der Waals surface area contributed by atoms with E-state index in [1.54, 1.807) is 0 Å². The first-order valence-corrected chi connectivity index (χ1v) is 11.5. The summed E-state index contributed by atoms with van der Waals surface area (Å²) in [7, 11) is -3.19. The molecular formula is C20H18F5N5O4S. The number of hydrogen-bond donors (Lipinski definition) is 2. The summed E-state index contributed by atoms with van der Waals surface area (Å²) >= 11 is 0. The number of anilines is 1. The van der Waals surface area contributed by atoms with E-state index in [0.717, 1.165) is 31.3 Å². The Labute approximate surface area is 195 Å². The number of rotatable bonds is 4. The van der Waals surface area contributed by atoms with Gasteiger partial charge in [-0.05, 0) is 30.3 Å². The first-order valence-electron chi connectivity index (χ1n) is 9.96. The van der Waals surface area contributed by atoms with Crippen LogP contribution in [0.15, 0.2) is 41.5 Å². The van der Waals surface area contributed by atoms with Crippen molar-refractivity contribution in [2.75, 3.05) is 25.6 Å². The predicted molar refractivity (Wildman–Crippen MR) is 113 cm³/mol. The Morgan fingerprint density at radius 3 is 2.63 bits per heavy atom. The maximum absolute atomic E-state index is 15.0. The van der Waals surface area contributed by atoms with Gasteiger partial charge in [-0.2, -0.15) is 13.2 Å². The molecule has 35 heavy (non-hydrogen) atoms. The number of carbonyl (C=O) groups is 1. The smallest absolute Gasteiger partial charge is 0.371 e. The van der Waals surface area contributed by atoms with Crippen molar-refractivity contribution in [2.24, 2.45) is 10.7 Å². The van der Waals surface area contributed by atoms with Crippen molar-refractivity contribution in [1.29, 1.82) is 0 Å². The van der Waals surface area contributed by atoms with Gasteiger partial charge in [0.25, 0.3) is 5.91 Å². The van der Waals surface area contributed by atoms with Crippen molar-refractivity contribution in [2.45, 2.75) is 23.1 Å². The Morgan fingerprint density at radius 1 is 1.31 bits per heavy atom. The zero-order valence-electron chi connectivity index (χ0n) is 17.9. The van der Waals surface area contributed by atoms with Crippen LogP contribution >= 0.6 is 0 Å². The average molecular weight is 519 g/mol. The fraction of sp³-hybridized carbons (Fsp3) is 0.350. The normalized spacial score (nSPS) is 25.7. The molecule has 9 nitrogen and oxygen atoms in total. The number of amides is 1. The molecule has 2 aromatic rings. The highest BCUT2D eigenvalue weighted by molar-refractivity contribution is 7.90. The summed E-state index contributed by atoms with van der Waals surface area (Å²) in [6.45, 7) is -1.69. The molecule has 188 valence electrons. The van der Waals surface area contributed by atoms with Crippen molar-refractivity contribution in [3.63, 3.8) is 0 Å². The molecule has 0 radical (unpaired) electrons. The SMILES string of the molecule is CN1C(N)=NC2(c3cc(NC(=O)c4ccc(C(F)(F)F)cn4)ccc3F)COC(CF)C2S1(=O)=O. The van der Waals surface area contributed by atoms with Gasteiger partial charge in [-0.1, -0.05) is 0 Å². The molecule has 3 atom stereocenters. The van der Waals surface area contributed by atoms with E-state index in [0.29, 0.717) is 16.6 Å². The highest BCUT2D eigenvalue weighted by Crippen LogP contribution is 2.46. The van der Waals surface area contributed by atoms with Crippen LogP contribution in [0.4, 0.5) is 27.6 Å². The number of halogens is 5. The topological polar surface area (TPSA) is 127 Å². The molecule has 2 aliphatic heterocycles. The van der Waals surface area contributed by atoms with E-state index in [-0.39, 0.29) is 16.9 Å². The Balaban J connectivity index is 1.72. The van der Waals surface area contributed by atoms with Crippen LogP contribution < -0.4 is 11.1 Å². The number of hydrogen-bond acceptors (Lipinski definition) is 7. The zero-order valence-corrected chi connectivity index (χ0v) is 18.7. The number of nitrogens with zero attached hydrogens (tertiary/aromatic N) is 3. The molecule has 3 heterocycles. The largest absolute Gasteiger partial charge is 0.417 e. The lowest BCUT2D eigenvalue weighted by atomic mass is 9.86. The second-order valence-electron chi connectivity index (χ2n) is 7.91. The summed E-state index contributed by atoms with van der Waals surface area (Å²) < 4.78 is 98.9. The monoisotopic (exact) mass is 519 g/mol. The lowest BCUT2D eigenvalue weighted by Gasteiger charge is -2.39. The molecule has 15 heteroatoms. The van der Waals surface area contributed by atoms with Gasteiger partial charge in [0.15, 0.2) is 0 Å². The number of aromatic nitrogens is 1. The van der Waals surface area contributed by atoms with Crippen molar-refractivity contribution in [3.8, 4) is 0 Å². The highest BCUT2D eigenvalue weighted by atomic mass is 32.2. The molecule has 0 bridgehead atoms. The van der Waals surface area contributed by atoms with Crippen LogP contribution in [0.5, 0.6) is 0 Å². The second kappa shape index (κ2) is 8.41. The number of nitrogens with two attached hydrogens (primary N) is 1. The first kappa shape index (κ1) is 24.8. The minimum absolute atomic E-state index is 0.0463. The van der Waals surface area contributed by atoms with Gasteiger partial charge in [0, 0.05) is 24.5 Å². The Morgan fingerprint density at radius 2 is 2.03 bits per heavy atom. The van der Waals surface area contributed by atoms with Crippen LogP contribution in [-0.4, -0.2) is 61.3 Å². The molecule has 3 unspecified atom stereocenters. The van der Waals surface area contributed by atoms with E-state index in [9.17, 15) is 30.8 Å². The number of nitrogens with one attached hydrogen (secondary N) is 1. The molecule has 1 fully saturated rings. The molecule has 1 aromatic carbocycles. The zero-order chi connectivity index (χ0) is 25.8. The third-order valence-corrected chi connectivity index (χ3v) is 8.12. The predicted octanol–water partition coefficient (Wildman–Crippen LogP) is 2.01. The quantitative estimate of drug-likeness (QED) is 0.596. The maximum atomic E-state index is 15.0. The first-order chi connectivity index (χ1) is 16.3. The molecule has 4 rings (SSSR count). The molecular weight excluding hydrogens is 501 g/mol. The third kappa shape index (κ3) is 4.07. The molecule has 1 aromatic heterocycles. The van der Waals surface area contributed by atoms with E-state index in [2.05, 4.69) is 15.3 Å². The van der Waals surface area contributed by atoms with E-state index in [4.69, 9.17) is 10.5 Å². The highest BCUT2D eigenvalue weighted by Gasteiger charge is 2.62. The summed E-state index contributed by atoms with van der Waals surface area (Å²) in [5.41, 5.74) is 2.06. The van der Waals surface area contributed by atoms with Gasteiger partial charge in [0.1, 0.15) is 35.1 Å². The Hall–Kier alpha value is -3.33. The van der Waals surface area contributed by atoms with Gasteiger partial charge >= 0.3 is 6.18 Å². The average Bonchev–Trinajstić information content (AvgIpc) is 3.19. The number of fused-ring (bicyclic) bond motifs is 1. The van der Waals surface area contributed by atoms with Gasteiger partial charge in [0.2, 0.25) is 16.0 Å². The molecule has 2 aliphatic rings. The van der Waals surface area contributed by atoms with Crippen molar-refractivity contribution >= 4 is 27.6 Å². The molecule has 0 aliphatic carbocycles. The molecule has 3 N–H and O–H groups in total. The van der Waals surface area contributed by atoms with Gasteiger partial charge in [-0.15, -0.1) is 0 Å². The fourth-order valence-corrected chi connectivity index (χ4v) is 5.98. The van der Waals surface area contributed by atoms with Crippen LogP contribution in [0.1, 0.15) is 21.6 Å². The molecule has 0 spiro atoms. The fourth-order valence-electron chi connectivity index (χ4n) is 4.06. The van der Waals surface area contributed by atoms with Crippen molar-refractivity contribution in [1.82, 2.24) is 9.29 Å².